The van der Waals surface area contributed by atoms with Crippen molar-refractivity contribution < 1.29 is 0 Å². The fourth-order valence-electron chi connectivity index (χ4n) is 1.01. The number of H-pyrrole nitrogens is 1. The van der Waals surface area contributed by atoms with Gasteiger partial charge >= 0.3 is 0 Å². The molecule has 0 aliphatic heterocycles. The van der Waals surface area contributed by atoms with Gasteiger partial charge in [0.2, 0.25) is 13.9 Å². The van der Waals surface area contributed by atoms with Crippen LogP contribution in [0.2, 0.25) is 0 Å². The SMILES string of the molecule is [B]NC(=S)Nc1n[nH]c(C2CC2)n1. The van der Waals surface area contributed by atoms with Crippen LogP contribution in [0.1, 0.15) is 24.6 Å². The number of rotatable bonds is 2. The molecule has 7 heteroatoms. The van der Waals surface area contributed by atoms with Gasteiger partial charge in [0.05, 0.1) is 0 Å². The van der Waals surface area contributed by atoms with Crippen molar-refractivity contribution in [2.45, 2.75) is 18.8 Å². The number of thiocarbonyl (C=S) groups is 1. The third kappa shape index (κ3) is 1.97. The molecule has 1 aromatic heterocycles. The predicted octanol–water partition coefficient (Wildman–Crippen LogP) is 0.0520. The molecule has 2 radical (unpaired) electrons. The maximum absolute atomic E-state index is 5.08. The molecule has 0 spiro atoms. The van der Waals surface area contributed by atoms with E-state index in [1.54, 1.807) is 0 Å². The molecule has 5 nitrogen and oxygen atoms in total. The second kappa shape index (κ2) is 3.33. The third-order valence-corrected chi connectivity index (χ3v) is 2.04. The summed E-state index contributed by atoms with van der Waals surface area (Å²) >= 11 is 4.79. The van der Waals surface area contributed by atoms with Crippen molar-refractivity contribution in [1.29, 1.82) is 0 Å². The topological polar surface area (TPSA) is 65.6 Å². The first kappa shape index (κ1) is 8.49. The van der Waals surface area contributed by atoms with Gasteiger partial charge in [-0.15, -0.1) is 5.10 Å². The van der Waals surface area contributed by atoms with E-state index in [9.17, 15) is 0 Å². The Kier molecular flexibility index (Phi) is 2.18. The first-order chi connectivity index (χ1) is 6.29. The molecule has 3 N–H and O–H groups in total. The van der Waals surface area contributed by atoms with Gasteiger partial charge in [0.25, 0.3) is 0 Å². The molecule has 0 amide bonds. The van der Waals surface area contributed by atoms with Crippen LogP contribution in [0.5, 0.6) is 0 Å². The van der Waals surface area contributed by atoms with Crippen LogP contribution in [0.15, 0.2) is 0 Å². The Hall–Kier alpha value is -1.11. The first-order valence-corrected chi connectivity index (χ1v) is 4.40. The molecule has 13 heavy (non-hydrogen) atoms. The van der Waals surface area contributed by atoms with E-state index < -0.39 is 0 Å². The number of hydrogen-bond donors (Lipinski definition) is 3. The Morgan fingerprint density at radius 3 is 3.00 bits per heavy atom. The van der Waals surface area contributed by atoms with Crippen LogP contribution >= 0.6 is 12.2 Å². The van der Waals surface area contributed by atoms with Crippen molar-refractivity contribution in [3.8, 4) is 0 Å². The van der Waals surface area contributed by atoms with Crippen molar-refractivity contribution in [2.75, 3.05) is 5.32 Å². The second-order valence-corrected chi connectivity index (χ2v) is 3.33. The minimum atomic E-state index is 0.307. The largest absolute Gasteiger partial charge is 0.415 e. The van der Waals surface area contributed by atoms with Crippen LogP contribution in [0.4, 0.5) is 5.95 Å². The van der Waals surface area contributed by atoms with Crippen LogP contribution < -0.4 is 10.5 Å². The van der Waals surface area contributed by atoms with E-state index in [0.29, 0.717) is 17.0 Å². The van der Waals surface area contributed by atoms with Gasteiger partial charge in [0.1, 0.15) is 5.82 Å². The lowest BCUT2D eigenvalue weighted by molar-refractivity contribution is 0.935. The highest BCUT2D eigenvalue weighted by Gasteiger charge is 2.27. The van der Waals surface area contributed by atoms with E-state index in [-0.39, 0.29) is 0 Å². The molecule has 0 unspecified atom stereocenters. The van der Waals surface area contributed by atoms with Crippen molar-refractivity contribution in [3.05, 3.63) is 5.82 Å². The standard InChI is InChI=1S/C6H8BN5S/c7-10-6(13)9-5-8-4(11-12-5)3-1-2-3/h3H,1-2H2,(H3,8,9,10,11,12,13). The summed E-state index contributed by atoms with van der Waals surface area (Å²) in [5.74, 6) is 1.94. The van der Waals surface area contributed by atoms with Gasteiger partial charge in [0, 0.05) is 5.92 Å². The zero-order valence-corrected chi connectivity index (χ0v) is 7.69. The Morgan fingerprint density at radius 2 is 2.38 bits per heavy atom. The lowest BCUT2D eigenvalue weighted by Crippen LogP contribution is -2.26. The fourth-order valence-corrected chi connectivity index (χ4v) is 1.10. The lowest BCUT2D eigenvalue weighted by Gasteiger charge is -2.00. The zero-order chi connectivity index (χ0) is 9.26. The van der Waals surface area contributed by atoms with Gasteiger partial charge in [-0.05, 0) is 25.1 Å². The van der Waals surface area contributed by atoms with E-state index in [1.807, 2.05) is 0 Å². The molecule has 1 aliphatic carbocycles. The Morgan fingerprint density at radius 1 is 1.62 bits per heavy atom. The highest BCUT2D eigenvalue weighted by Crippen LogP contribution is 2.37. The molecule has 0 bridgehead atoms. The van der Waals surface area contributed by atoms with Gasteiger partial charge < -0.3 is 10.5 Å². The molecular formula is C6H8BN5S. The number of aromatic nitrogens is 3. The van der Waals surface area contributed by atoms with Crippen LogP contribution in [0, 0.1) is 0 Å². The molecule has 0 atom stereocenters. The number of hydrogen-bond acceptors (Lipinski definition) is 3. The predicted molar refractivity (Wildman–Crippen MR) is 53.5 cm³/mol. The van der Waals surface area contributed by atoms with Gasteiger partial charge in [-0.1, -0.05) is 0 Å². The zero-order valence-electron chi connectivity index (χ0n) is 6.87. The summed E-state index contributed by atoms with van der Waals surface area (Å²) in [6.07, 6.45) is 2.38. The van der Waals surface area contributed by atoms with E-state index in [4.69, 9.17) is 20.2 Å². The number of nitrogens with zero attached hydrogens (tertiary/aromatic N) is 2. The summed E-state index contributed by atoms with van der Waals surface area (Å²) in [5.41, 5.74) is 0. The quantitative estimate of drug-likeness (QED) is 0.457. The summed E-state index contributed by atoms with van der Waals surface area (Å²) < 4.78 is 0. The molecule has 1 aromatic rings. The van der Waals surface area contributed by atoms with Crippen LogP contribution in [-0.2, 0) is 0 Å². The first-order valence-electron chi connectivity index (χ1n) is 3.99. The molecule has 2 rings (SSSR count). The highest BCUT2D eigenvalue weighted by molar-refractivity contribution is 7.80. The molecule has 1 saturated carbocycles. The Bertz CT molecular complexity index is 321. The summed E-state index contributed by atoms with van der Waals surface area (Å²) in [6, 6.07) is 0. The van der Waals surface area contributed by atoms with Crippen molar-refractivity contribution in [2.24, 2.45) is 0 Å². The minimum Gasteiger partial charge on any atom is -0.415 e. The van der Waals surface area contributed by atoms with Gasteiger partial charge in [-0.25, -0.2) is 0 Å². The minimum absolute atomic E-state index is 0.307. The summed E-state index contributed by atoms with van der Waals surface area (Å²) in [6.45, 7) is 0. The van der Waals surface area contributed by atoms with Gasteiger partial charge in [0.15, 0.2) is 5.11 Å². The van der Waals surface area contributed by atoms with E-state index in [1.165, 1.54) is 12.8 Å². The maximum Gasteiger partial charge on any atom is 0.248 e. The molecule has 1 heterocycles. The average molecular weight is 193 g/mol. The van der Waals surface area contributed by atoms with Crippen molar-refractivity contribution in [1.82, 2.24) is 20.4 Å². The van der Waals surface area contributed by atoms with Gasteiger partial charge in [-0.2, -0.15) is 4.98 Å². The van der Waals surface area contributed by atoms with Crippen LogP contribution in [0.25, 0.3) is 0 Å². The summed E-state index contributed by atoms with van der Waals surface area (Å²) in [7, 11) is 5.08. The van der Waals surface area contributed by atoms with Gasteiger partial charge in [-0.3, -0.25) is 5.10 Å². The van der Waals surface area contributed by atoms with E-state index in [0.717, 1.165) is 5.82 Å². The molecule has 66 valence electrons. The highest BCUT2D eigenvalue weighted by atomic mass is 32.1. The van der Waals surface area contributed by atoms with Crippen molar-refractivity contribution in [3.63, 3.8) is 0 Å². The molecule has 1 fully saturated rings. The Balaban J connectivity index is 2.00. The number of anilines is 1. The third-order valence-electron chi connectivity index (χ3n) is 1.82. The van der Waals surface area contributed by atoms with E-state index in [2.05, 4.69) is 25.7 Å². The molecule has 1 aliphatic rings. The average Bonchev–Trinajstić information content (AvgIpc) is 2.88. The van der Waals surface area contributed by atoms with Crippen LogP contribution in [0.3, 0.4) is 0 Å². The smallest absolute Gasteiger partial charge is 0.248 e. The Labute approximate surface area is 82.1 Å². The number of nitrogens with one attached hydrogen (secondary N) is 3. The number of aromatic amines is 1. The molecule has 0 aromatic carbocycles. The summed E-state index contributed by atoms with van der Waals surface area (Å²) in [4.78, 5) is 4.20. The normalized spacial score (nSPS) is 15.4. The fraction of sp³-hybridized carbons (Fsp3) is 0.500. The molecule has 0 saturated heterocycles. The van der Waals surface area contributed by atoms with Crippen LogP contribution in [-0.4, -0.2) is 28.3 Å². The monoisotopic (exact) mass is 193 g/mol. The van der Waals surface area contributed by atoms with E-state index >= 15 is 0 Å². The summed E-state index contributed by atoms with van der Waals surface area (Å²) in [5, 5.41) is 12.1. The van der Waals surface area contributed by atoms with Crippen molar-refractivity contribution >= 4 is 31.3 Å². The maximum atomic E-state index is 5.08. The molecular weight excluding hydrogens is 185 g/mol. The second-order valence-electron chi connectivity index (χ2n) is 2.92. The lowest BCUT2D eigenvalue weighted by atomic mass is 10.4.